The van der Waals surface area contributed by atoms with Crippen molar-refractivity contribution in [3.05, 3.63) is 63.1 Å². The van der Waals surface area contributed by atoms with Crippen molar-refractivity contribution in [2.24, 2.45) is 0 Å². The number of halogens is 1. The van der Waals surface area contributed by atoms with Crippen LogP contribution in [0.1, 0.15) is 33.1 Å². The predicted molar refractivity (Wildman–Crippen MR) is 86.8 cm³/mol. The van der Waals surface area contributed by atoms with Gasteiger partial charge in [0.2, 0.25) is 0 Å². The largest absolute Gasteiger partial charge is 0.492 e. The van der Waals surface area contributed by atoms with E-state index >= 15 is 0 Å². The monoisotopic (exact) mass is 358 g/mol. The van der Waals surface area contributed by atoms with E-state index in [1.54, 1.807) is 0 Å². The number of carbonyl (C=O) groups excluding carboxylic acids is 1. The average molecular weight is 359 g/mol. The Hall–Kier alpha value is -1.85. The van der Waals surface area contributed by atoms with E-state index in [9.17, 15) is 4.79 Å². The van der Waals surface area contributed by atoms with Gasteiger partial charge in [0, 0.05) is 12.0 Å². The molecule has 5 heteroatoms. The summed E-state index contributed by atoms with van der Waals surface area (Å²) >= 11 is 3.59. The minimum absolute atomic E-state index is 0.0705. The summed E-state index contributed by atoms with van der Waals surface area (Å²) in [5, 5.41) is 0. The highest BCUT2D eigenvalue weighted by atomic mass is 79.9. The molecule has 0 fully saturated rings. The fourth-order valence-electron chi connectivity index (χ4n) is 3.14. The molecule has 2 aliphatic rings. The van der Waals surface area contributed by atoms with Gasteiger partial charge < -0.3 is 4.74 Å². The Morgan fingerprint density at radius 3 is 3.05 bits per heavy atom. The lowest BCUT2D eigenvalue weighted by atomic mass is 9.93. The molecule has 2 aliphatic heterocycles. The summed E-state index contributed by atoms with van der Waals surface area (Å²) in [7, 11) is 0. The van der Waals surface area contributed by atoms with Crippen molar-refractivity contribution >= 4 is 21.8 Å². The van der Waals surface area contributed by atoms with Crippen LogP contribution in [-0.4, -0.2) is 12.5 Å². The number of benzene rings is 2. The lowest BCUT2D eigenvalue weighted by Gasteiger charge is -2.27. The molecule has 0 spiro atoms. The molecule has 2 aromatic carbocycles. The molecule has 112 valence electrons. The molecule has 0 saturated heterocycles. The van der Waals surface area contributed by atoms with E-state index in [2.05, 4.69) is 38.9 Å². The number of hydrogen-bond donors (Lipinski definition) is 2. The second-order valence-corrected chi connectivity index (χ2v) is 6.46. The zero-order valence-electron chi connectivity index (χ0n) is 11.9. The van der Waals surface area contributed by atoms with Crippen molar-refractivity contribution < 1.29 is 9.53 Å². The van der Waals surface area contributed by atoms with Gasteiger partial charge in [-0.1, -0.05) is 24.3 Å². The van der Waals surface area contributed by atoms with Crippen molar-refractivity contribution in [3.8, 4) is 5.75 Å². The third kappa shape index (κ3) is 2.30. The number of amides is 1. The summed E-state index contributed by atoms with van der Waals surface area (Å²) in [5.41, 5.74) is 10.1. The van der Waals surface area contributed by atoms with Gasteiger partial charge in [0.1, 0.15) is 5.75 Å². The van der Waals surface area contributed by atoms with Gasteiger partial charge in [-0.2, -0.15) is 0 Å². The van der Waals surface area contributed by atoms with Crippen LogP contribution in [0.4, 0.5) is 0 Å². The highest BCUT2D eigenvalue weighted by Gasteiger charge is 2.25. The lowest BCUT2D eigenvalue weighted by molar-refractivity contribution is 0.0907. The number of hydrazine groups is 1. The maximum atomic E-state index is 11.9. The fraction of sp³-hybridized carbons (Fsp3) is 0.235. The predicted octanol–water partition coefficient (Wildman–Crippen LogP) is 2.92. The third-order valence-electron chi connectivity index (χ3n) is 4.18. The van der Waals surface area contributed by atoms with Crippen LogP contribution in [0.25, 0.3) is 0 Å². The quantitative estimate of drug-likeness (QED) is 0.867. The van der Waals surface area contributed by atoms with Crippen LogP contribution < -0.4 is 15.6 Å². The first-order valence-electron chi connectivity index (χ1n) is 7.31. The number of fused-ring (bicyclic) bond motifs is 2. The molecule has 2 heterocycles. The molecule has 1 atom stereocenters. The van der Waals surface area contributed by atoms with Gasteiger partial charge in [0.05, 0.1) is 17.1 Å². The first-order chi connectivity index (χ1) is 10.7. The van der Waals surface area contributed by atoms with Crippen LogP contribution in [-0.2, 0) is 12.8 Å². The van der Waals surface area contributed by atoms with Crippen LogP contribution in [0.3, 0.4) is 0 Å². The van der Waals surface area contributed by atoms with Crippen molar-refractivity contribution in [2.75, 3.05) is 6.61 Å². The minimum Gasteiger partial charge on any atom is -0.492 e. The maximum Gasteiger partial charge on any atom is 0.265 e. The van der Waals surface area contributed by atoms with Crippen LogP contribution in [0.15, 0.2) is 40.9 Å². The molecule has 4 nitrogen and oxygen atoms in total. The summed E-state index contributed by atoms with van der Waals surface area (Å²) in [5.74, 6) is 0.893. The zero-order valence-corrected chi connectivity index (χ0v) is 13.4. The average Bonchev–Trinajstić information content (AvgIpc) is 2.99. The highest BCUT2D eigenvalue weighted by Crippen LogP contribution is 2.36. The van der Waals surface area contributed by atoms with Gasteiger partial charge in [0.25, 0.3) is 5.91 Å². The molecule has 0 aromatic heterocycles. The Balaban J connectivity index is 1.66. The van der Waals surface area contributed by atoms with Crippen LogP contribution in [0, 0.1) is 0 Å². The summed E-state index contributed by atoms with van der Waals surface area (Å²) in [6, 6.07) is 12.1. The van der Waals surface area contributed by atoms with Crippen LogP contribution in [0.5, 0.6) is 5.75 Å². The third-order valence-corrected chi connectivity index (χ3v) is 4.77. The number of rotatable bonds is 2. The van der Waals surface area contributed by atoms with Crippen LogP contribution >= 0.6 is 15.9 Å². The van der Waals surface area contributed by atoms with E-state index in [0.717, 1.165) is 40.8 Å². The van der Waals surface area contributed by atoms with Gasteiger partial charge in [-0.25, -0.2) is 5.43 Å². The second kappa shape index (κ2) is 5.41. The molecule has 1 amide bonds. The first kappa shape index (κ1) is 13.8. The highest BCUT2D eigenvalue weighted by molar-refractivity contribution is 9.10. The molecule has 22 heavy (non-hydrogen) atoms. The lowest BCUT2D eigenvalue weighted by Crippen LogP contribution is -2.46. The Bertz CT molecular complexity index is 760. The zero-order chi connectivity index (χ0) is 15.1. The molecule has 0 radical (unpaired) electrons. The van der Waals surface area contributed by atoms with E-state index < -0.39 is 0 Å². The summed E-state index contributed by atoms with van der Waals surface area (Å²) < 4.78 is 6.63. The number of hydrogen-bond acceptors (Lipinski definition) is 3. The molecule has 2 aromatic rings. The van der Waals surface area contributed by atoms with Gasteiger partial charge >= 0.3 is 0 Å². The van der Waals surface area contributed by atoms with Gasteiger partial charge in [-0.05, 0) is 51.2 Å². The Morgan fingerprint density at radius 1 is 1.27 bits per heavy atom. The Kier molecular flexibility index (Phi) is 3.39. The second-order valence-electron chi connectivity index (χ2n) is 5.61. The molecular weight excluding hydrogens is 344 g/mol. The Labute approximate surface area is 137 Å². The molecule has 0 saturated carbocycles. The van der Waals surface area contributed by atoms with Crippen LogP contribution in [0.2, 0.25) is 0 Å². The smallest absolute Gasteiger partial charge is 0.265 e. The van der Waals surface area contributed by atoms with E-state index in [4.69, 9.17) is 4.74 Å². The molecular formula is C17H15BrN2O2. The SMILES string of the molecule is O=C1NNC(Cc2cc(Br)c3c(c2)CCO3)c2ccccc21. The molecule has 0 bridgehead atoms. The standard InChI is InChI=1S/C17H15BrN2O2/c18-14-8-10(7-11-5-6-22-16(11)14)9-15-12-3-1-2-4-13(12)17(21)20-19-15/h1-4,7-8,15,19H,5-6,9H2,(H,20,21). The topological polar surface area (TPSA) is 50.4 Å². The van der Waals surface area contributed by atoms with E-state index in [1.165, 1.54) is 11.1 Å². The maximum absolute atomic E-state index is 11.9. The first-order valence-corrected chi connectivity index (χ1v) is 8.10. The van der Waals surface area contributed by atoms with Gasteiger partial charge in [-0.3, -0.25) is 10.2 Å². The number of carbonyl (C=O) groups is 1. The normalized spacial score (nSPS) is 19.1. The summed E-state index contributed by atoms with van der Waals surface area (Å²) in [6.45, 7) is 0.748. The van der Waals surface area contributed by atoms with Crippen molar-refractivity contribution in [1.29, 1.82) is 0 Å². The fourth-order valence-corrected chi connectivity index (χ4v) is 3.81. The van der Waals surface area contributed by atoms with Gasteiger partial charge in [-0.15, -0.1) is 0 Å². The number of ether oxygens (including phenoxy) is 1. The van der Waals surface area contributed by atoms with Crippen molar-refractivity contribution in [1.82, 2.24) is 10.9 Å². The van der Waals surface area contributed by atoms with E-state index in [0.29, 0.717) is 0 Å². The van der Waals surface area contributed by atoms with Crippen molar-refractivity contribution in [3.63, 3.8) is 0 Å². The number of nitrogens with one attached hydrogen (secondary N) is 2. The van der Waals surface area contributed by atoms with Gasteiger partial charge in [0.15, 0.2) is 0 Å². The molecule has 0 aliphatic carbocycles. The summed E-state index contributed by atoms with van der Waals surface area (Å²) in [6.07, 6.45) is 1.76. The minimum atomic E-state index is -0.0737. The van der Waals surface area contributed by atoms with E-state index in [-0.39, 0.29) is 11.9 Å². The molecule has 2 N–H and O–H groups in total. The molecule has 4 rings (SSSR count). The van der Waals surface area contributed by atoms with Crippen molar-refractivity contribution in [2.45, 2.75) is 18.9 Å². The summed E-state index contributed by atoms with van der Waals surface area (Å²) in [4.78, 5) is 11.9. The molecule has 1 unspecified atom stereocenters. The Morgan fingerprint density at radius 2 is 2.14 bits per heavy atom. The van der Waals surface area contributed by atoms with E-state index in [1.807, 2.05) is 24.3 Å².